The first-order valence-corrected chi connectivity index (χ1v) is 6.06. The number of hydrogen-bond acceptors (Lipinski definition) is 6. The zero-order valence-electron chi connectivity index (χ0n) is 11.6. The van der Waals surface area contributed by atoms with Gasteiger partial charge in [0, 0.05) is 18.0 Å². The minimum atomic E-state index is -0.443. The standard InChI is InChI=1S/C14H14N4O3/c1-20-11-3-4-13(21-2)10(7-11)8-17-18-14(19)12-9-15-5-6-16-12/h3-9H,1-2H3,(H,18,19)/b17-8+. The molecule has 0 aliphatic rings. The molecule has 0 aliphatic carbocycles. The molecule has 1 aromatic carbocycles. The number of nitrogens with zero attached hydrogens (tertiary/aromatic N) is 3. The molecule has 1 heterocycles. The van der Waals surface area contributed by atoms with E-state index in [1.807, 2.05) is 0 Å². The van der Waals surface area contributed by atoms with Gasteiger partial charge in [0.15, 0.2) is 0 Å². The van der Waals surface area contributed by atoms with Gasteiger partial charge in [0.25, 0.3) is 5.91 Å². The van der Waals surface area contributed by atoms with Crippen LogP contribution in [0.25, 0.3) is 0 Å². The second-order valence-electron chi connectivity index (χ2n) is 3.90. The molecule has 0 aliphatic heterocycles. The third-order valence-corrected chi connectivity index (χ3v) is 2.60. The van der Waals surface area contributed by atoms with Gasteiger partial charge in [-0.3, -0.25) is 9.78 Å². The first-order valence-electron chi connectivity index (χ1n) is 6.06. The lowest BCUT2D eigenvalue weighted by molar-refractivity contribution is 0.0949. The number of rotatable bonds is 5. The van der Waals surface area contributed by atoms with Crippen molar-refractivity contribution in [3.63, 3.8) is 0 Å². The summed E-state index contributed by atoms with van der Waals surface area (Å²) >= 11 is 0. The van der Waals surface area contributed by atoms with Gasteiger partial charge in [0.1, 0.15) is 17.2 Å². The van der Waals surface area contributed by atoms with Gasteiger partial charge in [-0.1, -0.05) is 0 Å². The summed E-state index contributed by atoms with van der Waals surface area (Å²) in [5, 5.41) is 3.87. The van der Waals surface area contributed by atoms with E-state index in [9.17, 15) is 4.79 Å². The van der Waals surface area contributed by atoms with Gasteiger partial charge in [-0.05, 0) is 18.2 Å². The lowest BCUT2D eigenvalue weighted by Crippen LogP contribution is -2.19. The molecular formula is C14H14N4O3. The van der Waals surface area contributed by atoms with Crippen LogP contribution in [-0.4, -0.2) is 36.3 Å². The van der Waals surface area contributed by atoms with E-state index in [-0.39, 0.29) is 5.69 Å². The van der Waals surface area contributed by atoms with Crippen molar-refractivity contribution in [3.8, 4) is 11.5 Å². The zero-order valence-corrected chi connectivity index (χ0v) is 11.6. The molecule has 1 amide bonds. The van der Waals surface area contributed by atoms with Crippen LogP contribution in [-0.2, 0) is 0 Å². The van der Waals surface area contributed by atoms with Crippen LogP contribution in [0.4, 0.5) is 0 Å². The van der Waals surface area contributed by atoms with Crippen molar-refractivity contribution in [1.82, 2.24) is 15.4 Å². The highest BCUT2D eigenvalue weighted by Gasteiger charge is 2.06. The third kappa shape index (κ3) is 3.75. The number of nitrogens with one attached hydrogen (secondary N) is 1. The SMILES string of the molecule is COc1ccc(OC)c(/C=N/NC(=O)c2cnccn2)c1. The molecule has 2 rings (SSSR count). The Bertz CT molecular complexity index is 644. The number of hydrazone groups is 1. The molecule has 7 nitrogen and oxygen atoms in total. The Morgan fingerprint density at radius 3 is 2.81 bits per heavy atom. The Hall–Kier alpha value is -2.96. The third-order valence-electron chi connectivity index (χ3n) is 2.60. The molecule has 0 radical (unpaired) electrons. The molecule has 0 unspecified atom stereocenters. The van der Waals surface area contributed by atoms with Gasteiger partial charge in [-0.2, -0.15) is 5.10 Å². The second-order valence-corrected chi connectivity index (χ2v) is 3.90. The van der Waals surface area contributed by atoms with Gasteiger partial charge >= 0.3 is 0 Å². The number of amides is 1. The minimum Gasteiger partial charge on any atom is -0.497 e. The number of hydrogen-bond donors (Lipinski definition) is 1. The molecule has 0 saturated heterocycles. The minimum absolute atomic E-state index is 0.187. The summed E-state index contributed by atoms with van der Waals surface area (Å²) in [6.07, 6.45) is 5.75. The monoisotopic (exact) mass is 286 g/mol. The summed E-state index contributed by atoms with van der Waals surface area (Å²) in [7, 11) is 3.12. The number of carbonyl (C=O) groups excluding carboxylic acids is 1. The van der Waals surface area contributed by atoms with Crippen LogP contribution in [0.2, 0.25) is 0 Å². The van der Waals surface area contributed by atoms with E-state index in [2.05, 4.69) is 20.5 Å². The van der Waals surface area contributed by atoms with E-state index < -0.39 is 5.91 Å². The maximum Gasteiger partial charge on any atom is 0.291 e. The normalized spacial score (nSPS) is 10.4. The quantitative estimate of drug-likeness (QED) is 0.660. The fourth-order valence-electron chi connectivity index (χ4n) is 1.57. The molecule has 1 aromatic heterocycles. The Kier molecular flexibility index (Phi) is 4.81. The van der Waals surface area contributed by atoms with Crippen molar-refractivity contribution < 1.29 is 14.3 Å². The zero-order chi connectivity index (χ0) is 15.1. The Morgan fingerprint density at radius 1 is 1.29 bits per heavy atom. The van der Waals surface area contributed by atoms with Crippen LogP contribution in [0, 0.1) is 0 Å². The molecule has 0 atom stereocenters. The Balaban J connectivity index is 2.09. The molecule has 0 saturated carbocycles. The maximum absolute atomic E-state index is 11.7. The topological polar surface area (TPSA) is 85.7 Å². The lowest BCUT2D eigenvalue weighted by Gasteiger charge is -2.06. The molecule has 1 N–H and O–H groups in total. The fraction of sp³-hybridized carbons (Fsp3) is 0.143. The van der Waals surface area contributed by atoms with E-state index >= 15 is 0 Å². The van der Waals surface area contributed by atoms with Crippen molar-refractivity contribution in [2.75, 3.05) is 14.2 Å². The van der Waals surface area contributed by atoms with Crippen molar-refractivity contribution in [1.29, 1.82) is 0 Å². The van der Waals surface area contributed by atoms with Crippen LogP contribution >= 0.6 is 0 Å². The smallest absolute Gasteiger partial charge is 0.291 e. The van der Waals surface area contributed by atoms with Crippen LogP contribution in [0.15, 0.2) is 41.9 Å². The van der Waals surface area contributed by atoms with E-state index in [4.69, 9.17) is 9.47 Å². The number of methoxy groups -OCH3 is 2. The van der Waals surface area contributed by atoms with Gasteiger partial charge in [0.2, 0.25) is 0 Å². The van der Waals surface area contributed by atoms with Crippen LogP contribution in [0.3, 0.4) is 0 Å². The molecule has 7 heteroatoms. The largest absolute Gasteiger partial charge is 0.497 e. The summed E-state index contributed by atoms with van der Waals surface area (Å²) < 4.78 is 10.3. The average Bonchev–Trinajstić information content (AvgIpc) is 2.55. The first-order chi connectivity index (χ1) is 10.2. The van der Waals surface area contributed by atoms with Crippen molar-refractivity contribution in [3.05, 3.63) is 48.0 Å². The van der Waals surface area contributed by atoms with Gasteiger partial charge < -0.3 is 9.47 Å². The van der Waals surface area contributed by atoms with Crippen molar-refractivity contribution >= 4 is 12.1 Å². The Labute approximate surface area is 121 Å². The van der Waals surface area contributed by atoms with E-state index in [1.54, 1.807) is 32.4 Å². The van der Waals surface area contributed by atoms with Crippen LogP contribution in [0.5, 0.6) is 11.5 Å². The molecular weight excluding hydrogens is 272 g/mol. The predicted molar refractivity (Wildman–Crippen MR) is 76.6 cm³/mol. The average molecular weight is 286 g/mol. The summed E-state index contributed by atoms with van der Waals surface area (Å²) in [5.41, 5.74) is 3.23. The number of aromatic nitrogens is 2. The molecule has 0 spiro atoms. The highest BCUT2D eigenvalue weighted by molar-refractivity contribution is 5.93. The summed E-state index contributed by atoms with van der Waals surface area (Å²) in [6, 6.07) is 5.27. The van der Waals surface area contributed by atoms with E-state index in [0.29, 0.717) is 17.1 Å². The van der Waals surface area contributed by atoms with Crippen LogP contribution in [0.1, 0.15) is 16.1 Å². The van der Waals surface area contributed by atoms with Gasteiger partial charge in [0.05, 0.1) is 26.6 Å². The lowest BCUT2D eigenvalue weighted by atomic mass is 10.2. The van der Waals surface area contributed by atoms with Gasteiger partial charge in [-0.25, -0.2) is 10.4 Å². The fourth-order valence-corrected chi connectivity index (χ4v) is 1.57. The van der Waals surface area contributed by atoms with Gasteiger partial charge in [-0.15, -0.1) is 0 Å². The van der Waals surface area contributed by atoms with Crippen molar-refractivity contribution in [2.24, 2.45) is 5.10 Å². The number of ether oxygens (including phenoxy) is 2. The number of benzene rings is 1. The second kappa shape index (κ2) is 6.99. The highest BCUT2D eigenvalue weighted by atomic mass is 16.5. The summed E-state index contributed by atoms with van der Waals surface area (Å²) in [6.45, 7) is 0. The summed E-state index contributed by atoms with van der Waals surface area (Å²) in [5.74, 6) is 0.840. The predicted octanol–water partition coefficient (Wildman–Crippen LogP) is 1.26. The van der Waals surface area contributed by atoms with Crippen LogP contribution < -0.4 is 14.9 Å². The molecule has 2 aromatic rings. The van der Waals surface area contributed by atoms with Crippen molar-refractivity contribution in [2.45, 2.75) is 0 Å². The number of carbonyl (C=O) groups is 1. The molecule has 108 valence electrons. The first kappa shape index (κ1) is 14.4. The van der Waals surface area contributed by atoms with E-state index in [0.717, 1.165) is 0 Å². The van der Waals surface area contributed by atoms with E-state index in [1.165, 1.54) is 24.8 Å². The molecule has 21 heavy (non-hydrogen) atoms. The molecule has 0 fully saturated rings. The molecule has 0 bridgehead atoms. The highest BCUT2D eigenvalue weighted by Crippen LogP contribution is 2.22. The summed E-state index contributed by atoms with van der Waals surface area (Å²) in [4.78, 5) is 19.4. The Morgan fingerprint density at radius 2 is 2.14 bits per heavy atom. The maximum atomic E-state index is 11.7.